The van der Waals surface area contributed by atoms with Crippen molar-refractivity contribution in [1.82, 2.24) is 4.98 Å². The van der Waals surface area contributed by atoms with Crippen molar-refractivity contribution in [3.63, 3.8) is 0 Å². The molecule has 15 heavy (non-hydrogen) atoms. The summed E-state index contributed by atoms with van der Waals surface area (Å²) in [4.78, 5) is 15.2. The number of hydrogen-bond donors (Lipinski definition) is 0. The van der Waals surface area contributed by atoms with E-state index in [1.807, 2.05) is 12.1 Å². The van der Waals surface area contributed by atoms with Crippen LogP contribution in [-0.2, 0) is 10.1 Å². The molecule has 0 atom stereocenters. The number of hydrogen-bond acceptors (Lipinski definition) is 4. The lowest BCUT2D eigenvalue weighted by Gasteiger charge is -1.93. The lowest BCUT2D eigenvalue weighted by atomic mass is 10.2. The SMILES string of the molecule is COC(=O)c1nc2cccc(CBr)c2o1. The molecule has 4 nitrogen and oxygen atoms in total. The number of halogens is 1. The zero-order valence-electron chi connectivity index (χ0n) is 7.99. The van der Waals surface area contributed by atoms with Gasteiger partial charge in [0, 0.05) is 10.9 Å². The highest BCUT2D eigenvalue weighted by atomic mass is 79.9. The number of rotatable bonds is 2. The largest absolute Gasteiger partial charge is 0.462 e. The summed E-state index contributed by atoms with van der Waals surface area (Å²) in [5, 5.41) is 0.653. The molecule has 0 aliphatic carbocycles. The van der Waals surface area contributed by atoms with Gasteiger partial charge in [0.25, 0.3) is 0 Å². The molecular formula is C10H8BrNO3. The zero-order chi connectivity index (χ0) is 10.8. The summed E-state index contributed by atoms with van der Waals surface area (Å²) in [7, 11) is 1.29. The molecule has 0 unspecified atom stereocenters. The van der Waals surface area contributed by atoms with Crippen LogP contribution < -0.4 is 0 Å². The molecule has 0 fully saturated rings. The number of fused-ring (bicyclic) bond motifs is 1. The number of nitrogens with zero attached hydrogens (tertiary/aromatic N) is 1. The normalized spacial score (nSPS) is 10.5. The van der Waals surface area contributed by atoms with E-state index in [2.05, 4.69) is 25.7 Å². The van der Waals surface area contributed by atoms with Gasteiger partial charge >= 0.3 is 11.9 Å². The molecule has 0 N–H and O–H groups in total. The van der Waals surface area contributed by atoms with Gasteiger partial charge in [0.1, 0.15) is 5.52 Å². The van der Waals surface area contributed by atoms with Gasteiger partial charge < -0.3 is 9.15 Å². The van der Waals surface area contributed by atoms with Crippen LogP contribution in [0.1, 0.15) is 16.2 Å². The summed E-state index contributed by atoms with van der Waals surface area (Å²) < 4.78 is 9.86. The summed E-state index contributed by atoms with van der Waals surface area (Å²) in [5.41, 5.74) is 2.23. The van der Waals surface area contributed by atoms with Crippen LogP contribution in [0.3, 0.4) is 0 Å². The molecule has 0 amide bonds. The first kappa shape index (κ1) is 10.2. The van der Waals surface area contributed by atoms with Crippen LogP contribution in [0.4, 0.5) is 0 Å². The molecule has 1 aromatic carbocycles. The maximum atomic E-state index is 11.2. The summed E-state index contributed by atoms with van der Waals surface area (Å²) in [5.74, 6) is -0.576. The Kier molecular flexibility index (Phi) is 2.73. The highest BCUT2D eigenvalue weighted by molar-refractivity contribution is 9.08. The number of oxazole rings is 1. The standard InChI is InChI=1S/C10H8BrNO3/c1-14-10(13)9-12-7-4-2-3-6(5-11)8(7)15-9/h2-4H,5H2,1H3. The van der Waals surface area contributed by atoms with Crippen LogP contribution in [0.5, 0.6) is 0 Å². The molecule has 78 valence electrons. The highest BCUT2D eigenvalue weighted by Gasteiger charge is 2.15. The van der Waals surface area contributed by atoms with Crippen molar-refractivity contribution in [3.8, 4) is 0 Å². The monoisotopic (exact) mass is 269 g/mol. The van der Waals surface area contributed by atoms with Crippen LogP contribution >= 0.6 is 15.9 Å². The quantitative estimate of drug-likeness (QED) is 0.621. The number of benzene rings is 1. The average molecular weight is 270 g/mol. The summed E-state index contributed by atoms with van der Waals surface area (Å²) in [6.45, 7) is 0. The molecule has 5 heteroatoms. The molecule has 2 rings (SSSR count). The first-order chi connectivity index (χ1) is 7.26. The summed E-state index contributed by atoms with van der Waals surface area (Å²) in [6, 6.07) is 5.56. The number of alkyl halides is 1. The lowest BCUT2D eigenvalue weighted by molar-refractivity contribution is 0.0558. The Labute approximate surface area is 94.4 Å². The second-order valence-corrected chi connectivity index (χ2v) is 3.47. The van der Waals surface area contributed by atoms with E-state index in [-0.39, 0.29) is 5.89 Å². The third-order valence-corrected chi connectivity index (χ3v) is 2.60. The van der Waals surface area contributed by atoms with Crippen molar-refractivity contribution in [2.24, 2.45) is 0 Å². The van der Waals surface area contributed by atoms with Crippen molar-refractivity contribution in [3.05, 3.63) is 29.7 Å². The molecule has 0 bridgehead atoms. The van der Waals surface area contributed by atoms with Gasteiger partial charge in [-0.15, -0.1) is 0 Å². The van der Waals surface area contributed by atoms with Gasteiger partial charge in [0.05, 0.1) is 7.11 Å². The van der Waals surface area contributed by atoms with Crippen molar-refractivity contribution >= 4 is 33.0 Å². The van der Waals surface area contributed by atoms with Gasteiger partial charge in [-0.05, 0) is 6.07 Å². The molecule has 2 aromatic rings. The van der Waals surface area contributed by atoms with Crippen molar-refractivity contribution in [1.29, 1.82) is 0 Å². The summed E-state index contributed by atoms with van der Waals surface area (Å²) >= 11 is 3.34. The Balaban J connectivity index is 2.60. The molecule has 0 aliphatic heterocycles. The summed E-state index contributed by atoms with van der Waals surface area (Å²) in [6.07, 6.45) is 0. The minimum atomic E-state index is -0.563. The third-order valence-electron chi connectivity index (χ3n) is 2.00. The Hall–Kier alpha value is -1.36. The molecule has 0 spiro atoms. The zero-order valence-corrected chi connectivity index (χ0v) is 9.58. The number of ether oxygens (including phenoxy) is 1. The van der Waals surface area contributed by atoms with Gasteiger partial charge in [-0.2, -0.15) is 0 Å². The second-order valence-electron chi connectivity index (χ2n) is 2.91. The van der Waals surface area contributed by atoms with Crippen molar-refractivity contribution in [2.45, 2.75) is 5.33 Å². The second kappa shape index (κ2) is 4.02. The molecular weight excluding hydrogens is 262 g/mol. The van der Waals surface area contributed by atoms with Gasteiger partial charge in [-0.1, -0.05) is 28.1 Å². The van der Waals surface area contributed by atoms with Crippen molar-refractivity contribution < 1.29 is 13.9 Å². The van der Waals surface area contributed by atoms with Gasteiger partial charge in [0.2, 0.25) is 0 Å². The smallest absolute Gasteiger partial charge is 0.394 e. The first-order valence-electron chi connectivity index (χ1n) is 4.29. The molecule has 1 aromatic heterocycles. The highest BCUT2D eigenvalue weighted by Crippen LogP contribution is 2.22. The van der Waals surface area contributed by atoms with Gasteiger partial charge in [-0.3, -0.25) is 0 Å². The number of esters is 1. The maximum absolute atomic E-state index is 11.2. The maximum Gasteiger partial charge on any atom is 0.394 e. The molecule has 0 saturated carbocycles. The van der Waals surface area contributed by atoms with Crippen molar-refractivity contribution in [2.75, 3.05) is 7.11 Å². The van der Waals surface area contributed by atoms with Crippen LogP contribution in [0, 0.1) is 0 Å². The van der Waals surface area contributed by atoms with Gasteiger partial charge in [-0.25, -0.2) is 9.78 Å². The van der Waals surface area contributed by atoms with E-state index in [0.717, 1.165) is 5.56 Å². The molecule has 0 radical (unpaired) electrons. The van der Waals surface area contributed by atoms with E-state index >= 15 is 0 Å². The average Bonchev–Trinajstić information content (AvgIpc) is 2.71. The fourth-order valence-electron chi connectivity index (χ4n) is 1.29. The third kappa shape index (κ3) is 1.74. The van der Waals surface area contributed by atoms with E-state index in [9.17, 15) is 4.79 Å². The number of carbonyl (C=O) groups is 1. The van der Waals surface area contributed by atoms with Gasteiger partial charge in [0.15, 0.2) is 5.58 Å². The number of para-hydroxylation sites is 1. The molecule has 1 heterocycles. The van der Waals surface area contributed by atoms with E-state index < -0.39 is 5.97 Å². The van der Waals surface area contributed by atoms with E-state index in [1.165, 1.54) is 7.11 Å². The number of aromatic nitrogens is 1. The topological polar surface area (TPSA) is 52.3 Å². The van der Waals surface area contributed by atoms with Crippen LogP contribution in [-0.4, -0.2) is 18.1 Å². The Bertz CT molecular complexity index is 506. The van der Waals surface area contributed by atoms with Crippen LogP contribution in [0.15, 0.2) is 22.6 Å². The molecule has 0 aliphatic rings. The minimum absolute atomic E-state index is 0.0131. The number of carbonyl (C=O) groups excluding carboxylic acids is 1. The fourth-order valence-corrected chi connectivity index (χ4v) is 1.73. The van der Waals surface area contributed by atoms with Crippen LogP contribution in [0.2, 0.25) is 0 Å². The van der Waals surface area contributed by atoms with Crippen LogP contribution in [0.25, 0.3) is 11.1 Å². The van der Waals surface area contributed by atoms with E-state index in [4.69, 9.17) is 4.42 Å². The Morgan fingerprint density at radius 1 is 1.60 bits per heavy atom. The molecule has 0 saturated heterocycles. The predicted molar refractivity (Wildman–Crippen MR) is 58.0 cm³/mol. The van der Waals surface area contributed by atoms with E-state index in [1.54, 1.807) is 6.07 Å². The predicted octanol–water partition coefficient (Wildman–Crippen LogP) is 2.51. The minimum Gasteiger partial charge on any atom is -0.462 e. The lowest BCUT2D eigenvalue weighted by Crippen LogP contribution is -2.00. The van der Waals surface area contributed by atoms with E-state index in [0.29, 0.717) is 16.4 Å². The number of methoxy groups -OCH3 is 1. The first-order valence-corrected chi connectivity index (χ1v) is 5.41. The Morgan fingerprint density at radius 3 is 3.07 bits per heavy atom. The Morgan fingerprint density at radius 2 is 2.40 bits per heavy atom. The fraction of sp³-hybridized carbons (Fsp3) is 0.200.